The average Bonchev–Trinajstić information content (AvgIpc) is 2.52. The van der Waals surface area contributed by atoms with Crippen LogP contribution in [0.25, 0.3) is 0 Å². The molecule has 0 heterocycles. The van der Waals surface area contributed by atoms with Crippen molar-refractivity contribution in [2.75, 3.05) is 7.05 Å². The van der Waals surface area contributed by atoms with E-state index in [4.69, 9.17) is 15.3 Å². The molecule has 2 atom stereocenters. The fourth-order valence-corrected chi connectivity index (χ4v) is 1.22. The molecule has 4 nitrogen and oxygen atoms in total. The Hall–Kier alpha value is -0.160. The van der Waals surface area contributed by atoms with Gasteiger partial charge >= 0.3 is 0 Å². The van der Waals surface area contributed by atoms with Crippen LogP contribution in [-0.4, -0.2) is 40.3 Å². The third kappa shape index (κ3) is 16.5. The lowest BCUT2D eigenvalue weighted by Gasteiger charge is -2.04. The molecule has 0 radical (unpaired) electrons. The van der Waals surface area contributed by atoms with Gasteiger partial charge in [-0.05, 0) is 40.2 Å². The van der Waals surface area contributed by atoms with Crippen molar-refractivity contribution in [3.8, 4) is 0 Å². The van der Waals surface area contributed by atoms with E-state index in [0.717, 1.165) is 19.3 Å². The minimum atomic E-state index is -1.50. The lowest BCUT2D eigenvalue weighted by Crippen LogP contribution is -2.21. The predicted octanol–water partition coefficient (Wildman–Crippen LogP) is 0.852. The maximum Gasteiger partial charge on any atom is 0.156 e. The molecule has 4 N–H and O–H groups in total. The summed E-state index contributed by atoms with van der Waals surface area (Å²) in [4.78, 5) is 0. The molecule has 15 heavy (non-hydrogen) atoms. The van der Waals surface area contributed by atoms with Gasteiger partial charge in [0.05, 0.1) is 6.10 Å². The van der Waals surface area contributed by atoms with Crippen LogP contribution in [0.3, 0.4) is 0 Å². The zero-order chi connectivity index (χ0) is 12.5. The first kappa shape index (κ1) is 17.2. The summed E-state index contributed by atoms with van der Waals surface area (Å²) in [6.45, 7) is 6.60. The number of aliphatic hydroxyl groups excluding tert-OH is 1. The molecule has 0 saturated heterocycles. The maximum absolute atomic E-state index is 8.99. The van der Waals surface area contributed by atoms with Crippen LogP contribution in [0.1, 0.15) is 47.0 Å². The summed E-state index contributed by atoms with van der Waals surface area (Å²) < 4.78 is 0. The molecule has 1 aliphatic carbocycles. The van der Waals surface area contributed by atoms with Gasteiger partial charge in [-0.1, -0.05) is 13.8 Å². The molecule has 0 amide bonds. The van der Waals surface area contributed by atoms with Crippen LogP contribution in [0.4, 0.5) is 0 Å². The lowest BCUT2D eigenvalue weighted by atomic mass is 10.2. The SMILES string of the molecule is CC.CC(C)(O)O.CNC1CCC(O)C1. The Kier molecular flexibility index (Phi) is 10.5. The van der Waals surface area contributed by atoms with Crippen LogP contribution >= 0.6 is 0 Å². The minimum absolute atomic E-state index is 0.0348. The summed E-state index contributed by atoms with van der Waals surface area (Å²) in [6, 6.07) is 0.574. The lowest BCUT2D eigenvalue weighted by molar-refractivity contribution is -0.127. The molecule has 4 heteroatoms. The van der Waals surface area contributed by atoms with Crippen molar-refractivity contribution in [3.05, 3.63) is 0 Å². The Morgan fingerprint density at radius 3 is 1.67 bits per heavy atom. The van der Waals surface area contributed by atoms with E-state index in [-0.39, 0.29) is 6.10 Å². The van der Waals surface area contributed by atoms with Gasteiger partial charge in [-0.2, -0.15) is 0 Å². The maximum atomic E-state index is 8.99. The number of rotatable bonds is 1. The van der Waals surface area contributed by atoms with Crippen molar-refractivity contribution in [2.45, 2.75) is 64.9 Å². The molecule has 0 aromatic carbocycles. The third-order valence-electron chi connectivity index (χ3n) is 1.81. The van der Waals surface area contributed by atoms with E-state index >= 15 is 0 Å². The van der Waals surface area contributed by atoms with Gasteiger partial charge in [0.25, 0.3) is 0 Å². The Bertz CT molecular complexity index is 128. The summed E-state index contributed by atoms with van der Waals surface area (Å²) in [6.07, 6.45) is 3.02. The first-order chi connectivity index (χ1) is 6.83. The highest BCUT2D eigenvalue weighted by atomic mass is 16.5. The van der Waals surface area contributed by atoms with Crippen molar-refractivity contribution >= 4 is 0 Å². The summed E-state index contributed by atoms with van der Waals surface area (Å²) in [5, 5.41) is 28.3. The highest BCUT2D eigenvalue weighted by Crippen LogP contribution is 2.17. The van der Waals surface area contributed by atoms with Crippen LogP contribution in [0.5, 0.6) is 0 Å². The van der Waals surface area contributed by atoms with Crippen molar-refractivity contribution < 1.29 is 15.3 Å². The number of hydrogen-bond acceptors (Lipinski definition) is 4. The van der Waals surface area contributed by atoms with Crippen molar-refractivity contribution in [1.29, 1.82) is 0 Å². The molecule has 0 spiro atoms. The molecule has 1 rings (SSSR count). The second-order valence-corrected chi connectivity index (χ2v) is 3.95. The Morgan fingerprint density at radius 2 is 1.53 bits per heavy atom. The summed E-state index contributed by atoms with van der Waals surface area (Å²) >= 11 is 0. The zero-order valence-electron chi connectivity index (χ0n) is 10.6. The third-order valence-corrected chi connectivity index (χ3v) is 1.81. The largest absolute Gasteiger partial charge is 0.393 e. The van der Waals surface area contributed by atoms with Crippen molar-refractivity contribution in [2.24, 2.45) is 0 Å². The van der Waals surface area contributed by atoms with Gasteiger partial charge in [0.2, 0.25) is 0 Å². The molecule has 0 aromatic heterocycles. The van der Waals surface area contributed by atoms with Gasteiger partial charge in [-0.3, -0.25) is 0 Å². The summed E-state index contributed by atoms with van der Waals surface area (Å²) in [5.74, 6) is -1.50. The summed E-state index contributed by atoms with van der Waals surface area (Å²) in [7, 11) is 1.95. The van der Waals surface area contributed by atoms with E-state index in [1.54, 1.807) is 0 Å². The van der Waals surface area contributed by atoms with E-state index in [9.17, 15) is 0 Å². The number of hydrogen-bond donors (Lipinski definition) is 4. The fourth-order valence-electron chi connectivity index (χ4n) is 1.22. The van der Waals surface area contributed by atoms with Crippen LogP contribution in [-0.2, 0) is 0 Å². The minimum Gasteiger partial charge on any atom is -0.393 e. The van der Waals surface area contributed by atoms with E-state index in [1.807, 2.05) is 20.9 Å². The molecule has 0 bridgehead atoms. The number of nitrogens with one attached hydrogen (secondary N) is 1. The van der Waals surface area contributed by atoms with Gasteiger partial charge < -0.3 is 20.6 Å². The molecule has 94 valence electrons. The van der Waals surface area contributed by atoms with Crippen molar-refractivity contribution in [1.82, 2.24) is 5.32 Å². The van der Waals surface area contributed by atoms with E-state index in [0.29, 0.717) is 6.04 Å². The summed E-state index contributed by atoms with van der Waals surface area (Å²) in [5.41, 5.74) is 0. The smallest absolute Gasteiger partial charge is 0.156 e. The molecule has 0 aromatic rings. The second-order valence-electron chi connectivity index (χ2n) is 3.95. The van der Waals surface area contributed by atoms with E-state index < -0.39 is 5.79 Å². The first-order valence-electron chi connectivity index (χ1n) is 5.63. The van der Waals surface area contributed by atoms with Crippen LogP contribution in [0.2, 0.25) is 0 Å². The van der Waals surface area contributed by atoms with Gasteiger partial charge in [-0.15, -0.1) is 0 Å². The molecule has 1 aliphatic rings. The monoisotopic (exact) mass is 221 g/mol. The molecule has 1 fully saturated rings. The Morgan fingerprint density at radius 1 is 1.13 bits per heavy atom. The quantitative estimate of drug-likeness (QED) is 0.495. The van der Waals surface area contributed by atoms with Gasteiger partial charge in [0.15, 0.2) is 5.79 Å². The first-order valence-corrected chi connectivity index (χ1v) is 5.63. The topological polar surface area (TPSA) is 72.7 Å². The fraction of sp³-hybridized carbons (Fsp3) is 1.00. The Labute approximate surface area is 93.3 Å². The zero-order valence-corrected chi connectivity index (χ0v) is 10.6. The molecular weight excluding hydrogens is 194 g/mol. The molecule has 2 unspecified atom stereocenters. The van der Waals surface area contributed by atoms with Crippen molar-refractivity contribution in [3.63, 3.8) is 0 Å². The van der Waals surface area contributed by atoms with Gasteiger partial charge in [0.1, 0.15) is 0 Å². The van der Waals surface area contributed by atoms with Gasteiger partial charge in [0, 0.05) is 6.04 Å². The van der Waals surface area contributed by atoms with Crippen LogP contribution in [0, 0.1) is 0 Å². The van der Waals surface area contributed by atoms with Crippen LogP contribution in [0.15, 0.2) is 0 Å². The number of aliphatic hydroxyl groups is 3. The second kappa shape index (κ2) is 9.09. The van der Waals surface area contributed by atoms with Crippen LogP contribution < -0.4 is 5.32 Å². The van der Waals surface area contributed by atoms with E-state index in [1.165, 1.54) is 13.8 Å². The molecule has 0 aliphatic heterocycles. The predicted molar refractivity (Wildman–Crippen MR) is 62.6 cm³/mol. The average molecular weight is 221 g/mol. The standard InChI is InChI=1S/C6H13NO.C3H8O2.C2H6/c1-7-5-2-3-6(8)4-5;1-3(2,4)5;1-2/h5-8H,2-4H2,1H3;4-5H,1-2H3;1-2H3. The molecular formula is C11H27NO3. The highest BCUT2D eigenvalue weighted by Gasteiger charge is 2.20. The van der Waals surface area contributed by atoms with Gasteiger partial charge in [-0.25, -0.2) is 0 Å². The Balaban J connectivity index is 0. The molecule has 1 saturated carbocycles. The van der Waals surface area contributed by atoms with E-state index in [2.05, 4.69) is 5.32 Å². The highest BCUT2D eigenvalue weighted by molar-refractivity contribution is 4.78. The normalized spacial score (nSPS) is 24.8.